The molecule has 1 N–H and O–H groups in total. The first-order chi connectivity index (χ1) is 9.49. The van der Waals surface area contributed by atoms with Crippen LogP contribution in [0.25, 0.3) is 5.69 Å². The van der Waals surface area contributed by atoms with Crippen LogP contribution < -0.4 is 4.74 Å². The van der Waals surface area contributed by atoms with Gasteiger partial charge in [-0.25, -0.2) is 4.98 Å². The second-order valence-corrected chi connectivity index (χ2v) is 6.25. The number of thioether (sulfide) groups is 1. The van der Waals surface area contributed by atoms with E-state index >= 15 is 0 Å². The fraction of sp³-hybridized carbons (Fsp3) is 0.400. The van der Waals surface area contributed by atoms with Crippen LogP contribution in [0.3, 0.4) is 0 Å². The van der Waals surface area contributed by atoms with E-state index in [0.717, 1.165) is 28.8 Å². The number of aliphatic hydroxyl groups is 1. The average molecular weight is 292 g/mol. The lowest BCUT2D eigenvalue weighted by atomic mass is 10.1. The maximum Gasteiger partial charge on any atom is 0.172 e. The predicted octanol–water partition coefficient (Wildman–Crippen LogP) is 3.13. The number of nitrogens with zero attached hydrogens (tertiary/aromatic N) is 2. The predicted molar refractivity (Wildman–Crippen MR) is 81.8 cm³/mol. The van der Waals surface area contributed by atoms with Crippen molar-refractivity contribution in [2.45, 2.75) is 31.0 Å². The number of hydrogen-bond donors (Lipinski definition) is 1. The third-order valence-corrected chi connectivity index (χ3v) is 3.85. The molecule has 0 aliphatic carbocycles. The quantitative estimate of drug-likeness (QED) is 0.831. The van der Waals surface area contributed by atoms with E-state index in [4.69, 9.17) is 4.74 Å². The van der Waals surface area contributed by atoms with Crippen molar-refractivity contribution in [3.63, 3.8) is 0 Å². The Kier molecular flexibility index (Phi) is 4.73. The largest absolute Gasteiger partial charge is 0.497 e. The van der Waals surface area contributed by atoms with Crippen LogP contribution in [0.4, 0.5) is 0 Å². The summed E-state index contributed by atoms with van der Waals surface area (Å²) in [5.74, 6) is 1.65. The number of imidazole rings is 1. The molecule has 1 heterocycles. The minimum Gasteiger partial charge on any atom is -0.497 e. The summed E-state index contributed by atoms with van der Waals surface area (Å²) in [6, 6.07) is 7.87. The van der Waals surface area contributed by atoms with Crippen molar-refractivity contribution in [3.8, 4) is 11.4 Å². The van der Waals surface area contributed by atoms with E-state index in [1.807, 2.05) is 48.9 Å². The zero-order valence-electron chi connectivity index (χ0n) is 12.0. The number of benzene rings is 1. The molecule has 0 aliphatic heterocycles. The third-order valence-electron chi connectivity index (χ3n) is 2.88. The molecule has 0 bridgehead atoms. The standard InChI is InChI=1S/C15H20N2O2S/c1-15(2,18)7-10-20-14-16-8-9-17(14)12-5-4-6-13(11-12)19-3/h4-6,8-9,11,18H,7,10H2,1-3H3. The van der Waals surface area contributed by atoms with Crippen molar-refractivity contribution in [2.24, 2.45) is 0 Å². The molecule has 2 rings (SSSR count). The number of hydrogen-bond acceptors (Lipinski definition) is 4. The molecule has 0 fully saturated rings. The molecule has 0 unspecified atom stereocenters. The van der Waals surface area contributed by atoms with Crippen molar-refractivity contribution in [2.75, 3.05) is 12.9 Å². The highest BCUT2D eigenvalue weighted by molar-refractivity contribution is 7.99. The van der Waals surface area contributed by atoms with E-state index in [1.165, 1.54) is 0 Å². The number of aromatic nitrogens is 2. The molecular formula is C15H20N2O2S. The molecule has 1 aromatic heterocycles. The Bertz CT molecular complexity index is 561. The molecule has 0 saturated carbocycles. The average Bonchev–Trinajstić information content (AvgIpc) is 2.86. The minimum absolute atomic E-state index is 0.639. The van der Waals surface area contributed by atoms with Gasteiger partial charge >= 0.3 is 0 Å². The lowest BCUT2D eigenvalue weighted by molar-refractivity contribution is 0.0777. The van der Waals surface area contributed by atoms with Gasteiger partial charge in [0.25, 0.3) is 0 Å². The van der Waals surface area contributed by atoms with E-state index < -0.39 is 5.60 Å². The second-order valence-electron chi connectivity index (χ2n) is 5.19. The van der Waals surface area contributed by atoms with Crippen LogP contribution in [0.2, 0.25) is 0 Å². The zero-order valence-corrected chi connectivity index (χ0v) is 12.9. The van der Waals surface area contributed by atoms with Crippen LogP contribution in [-0.4, -0.2) is 33.1 Å². The van der Waals surface area contributed by atoms with Gasteiger partial charge in [-0.3, -0.25) is 4.57 Å². The Morgan fingerprint density at radius 2 is 2.20 bits per heavy atom. The molecule has 0 aliphatic rings. The van der Waals surface area contributed by atoms with Crippen LogP contribution >= 0.6 is 11.8 Å². The van der Waals surface area contributed by atoms with Crippen molar-refractivity contribution >= 4 is 11.8 Å². The van der Waals surface area contributed by atoms with Crippen molar-refractivity contribution < 1.29 is 9.84 Å². The van der Waals surface area contributed by atoms with Crippen molar-refractivity contribution in [3.05, 3.63) is 36.7 Å². The molecule has 0 radical (unpaired) electrons. The fourth-order valence-electron chi connectivity index (χ4n) is 1.75. The van der Waals surface area contributed by atoms with Gasteiger partial charge in [0.05, 0.1) is 18.4 Å². The molecule has 5 heteroatoms. The van der Waals surface area contributed by atoms with E-state index in [0.29, 0.717) is 0 Å². The molecule has 0 saturated heterocycles. The number of rotatable bonds is 6. The van der Waals surface area contributed by atoms with Crippen LogP contribution in [-0.2, 0) is 0 Å². The molecular weight excluding hydrogens is 272 g/mol. The first-order valence-corrected chi connectivity index (χ1v) is 7.51. The fourth-order valence-corrected chi connectivity index (χ4v) is 2.97. The highest BCUT2D eigenvalue weighted by Gasteiger charge is 2.13. The first kappa shape index (κ1) is 14.9. The first-order valence-electron chi connectivity index (χ1n) is 6.52. The highest BCUT2D eigenvalue weighted by Crippen LogP contribution is 2.24. The normalized spacial score (nSPS) is 11.6. The van der Waals surface area contributed by atoms with Gasteiger partial charge in [-0.2, -0.15) is 0 Å². The van der Waals surface area contributed by atoms with Gasteiger partial charge in [0.15, 0.2) is 5.16 Å². The summed E-state index contributed by atoms with van der Waals surface area (Å²) in [6.45, 7) is 3.64. The lowest BCUT2D eigenvalue weighted by Gasteiger charge is -2.16. The van der Waals surface area contributed by atoms with Gasteiger partial charge < -0.3 is 9.84 Å². The van der Waals surface area contributed by atoms with Crippen LogP contribution in [0.5, 0.6) is 5.75 Å². The number of ether oxygens (including phenoxy) is 1. The minimum atomic E-state index is -0.639. The van der Waals surface area contributed by atoms with E-state index in [-0.39, 0.29) is 0 Å². The van der Waals surface area contributed by atoms with Gasteiger partial charge in [-0.1, -0.05) is 17.8 Å². The summed E-state index contributed by atoms with van der Waals surface area (Å²) in [4.78, 5) is 4.37. The maximum absolute atomic E-state index is 9.74. The summed E-state index contributed by atoms with van der Waals surface area (Å²) in [7, 11) is 1.66. The Morgan fingerprint density at radius 1 is 1.40 bits per heavy atom. The zero-order chi connectivity index (χ0) is 14.6. The van der Waals surface area contributed by atoms with E-state index in [1.54, 1.807) is 25.1 Å². The Labute approximate surface area is 123 Å². The summed E-state index contributed by atoms with van der Waals surface area (Å²) >= 11 is 1.64. The Morgan fingerprint density at radius 3 is 2.90 bits per heavy atom. The molecule has 0 amide bonds. The molecule has 0 spiro atoms. The summed E-state index contributed by atoms with van der Waals surface area (Å²) in [5.41, 5.74) is 0.382. The summed E-state index contributed by atoms with van der Waals surface area (Å²) in [6.07, 6.45) is 4.44. The molecule has 0 atom stereocenters. The monoisotopic (exact) mass is 292 g/mol. The van der Waals surface area contributed by atoms with Crippen molar-refractivity contribution in [1.82, 2.24) is 9.55 Å². The van der Waals surface area contributed by atoms with Crippen LogP contribution in [0.15, 0.2) is 41.8 Å². The molecule has 20 heavy (non-hydrogen) atoms. The molecule has 4 nitrogen and oxygen atoms in total. The number of methoxy groups -OCH3 is 1. The van der Waals surface area contributed by atoms with Gasteiger partial charge in [-0.05, 0) is 32.4 Å². The Balaban J connectivity index is 2.11. The highest BCUT2D eigenvalue weighted by atomic mass is 32.2. The summed E-state index contributed by atoms with van der Waals surface area (Å²) < 4.78 is 7.27. The summed E-state index contributed by atoms with van der Waals surface area (Å²) in [5, 5.41) is 10.7. The second kappa shape index (κ2) is 6.33. The topological polar surface area (TPSA) is 47.3 Å². The maximum atomic E-state index is 9.74. The smallest absolute Gasteiger partial charge is 0.172 e. The lowest BCUT2D eigenvalue weighted by Crippen LogP contribution is -2.19. The van der Waals surface area contributed by atoms with Crippen LogP contribution in [0.1, 0.15) is 20.3 Å². The van der Waals surface area contributed by atoms with Crippen molar-refractivity contribution in [1.29, 1.82) is 0 Å². The molecule has 108 valence electrons. The molecule has 1 aromatic carbocycles. The van der Waals surface area contributed by atoms with Gasteiger partial charge in [-0.15, -0.1) is 0 Å². The van der Waals surface area contributed by atoms with E-state index in [9.17, 15) is 5.11 Å². The Hall–Kier alpha value is -1.46. The third kappa shape index (κ3) is 4.02. The molecule has 2 aromatic rings. The van der Waals surface area contributed by atoms with Gasteiger partial charge in [0, 0.05) is 24.2 Å². The van der Waals surface area contributed by atoms with Gasteiger partial charge in [0.1, 0.15) is 5.75 Å². The van der Waals surface area contributed by atoms with E-state index in [2.05, 4.69) is 4.98 Å². The van der Waals surface area contributed by atoms with Crippen LogP contribution in [0, 0.1) is 0 Å². The SMILES string of the molecule is COc1cccc(-n2ccnc2SCCC(C)(C)O)c1. The van der Waals surface area contributed by atoms with Gasteiger partial charge in [0.2, 0.25) is 0 Å².